The van der Waals surface area contributed by atoms with Crippen molar-refractivity contribution in [3.8, 4) is 5.69 Å². The summed E-state index contributed by atoms with van der Waals surface area (Å²) in [4.78, 5) is 9.84. The first-order valence-corrected chi connectivity index (χ1v) is 9.32. The van der Waals surface area contributed by atoms with Crippen LogP contribution in [0.4, 0.5) is 19.0 Å². The van der Waals surface area contributed by atoms with E-state index in [9.17, 15) is 13.2 Å². The van der Waals surface area contributed by atoms with Crippen LogP contribution in [0.25, 0.3) is 5.69 Å². The Labute approximate surface area is 161 Å². The average molecular weight is 389 g/mol. The number of alkyl halides is 3. The molecule has 0 amide bonds. The molecular weight excluding hydrogens is 367 g/mol. The van der Waals surface area contributed by atoms with Gasteiger partial charge >= 0.3 is 6.18 Å². The molecule has 4 rings (SSSR count). The molecule has 0 unspecified atom stereocenters. The zero-order valence-corrected chi connectivity index (χ0v) is 15.8. The Morgan fingerprint density at radius 2 is 1.75 bits per heavy atom. The predicted molar refractivity (Wildman–Crippen MR) is 101 cm³/mol. The average Bonchev–Trinajstić information content (AvgIpc) is 3.27. The number of imidazole rings is 1. The van der Waals surface area contributed by atoms with Crippen LogP contribution in [0.15, 0.2) is 36.7 Å². The summed E-state index contributed by atoms with van der Waals surface area (Å²) in [5.41, 5.74) is 3.05. The van der Waals surface area contributed by atoms with E-state index in [1.54, 1.807) is 11.0 Å². The SMILES string of the molecule is Cc1cc(N2CCC(c3nc[nH]c3C)CC2)n(-c2ccc(C(F)(F)F)cc2)n1. The highest BCUT2D eigenvalue weighted by molar-refractivity contribution is 5.49. The highest BCUT2D eigenvalue weighted by atomic mass is 19.4. The molecule has 0 saturated carbocycles. The van der Waals surface area contributed by atoms with E-state index in [-0.39, 0.29) is 0 Å². The summed E-state index contributed by atoms with van der Waals surface area (Å²) < 4.78 is 40.3. The van der Waals surface area contributed by atoms with Crippen molar-refractivity contribution in [1.82, 2.24) is 19.7 Å². The summed E-state index contributed by atoms with van der Waals surface area (Å²) in [5, 5.41) is 4.51. The molecule has 1 fully saturated rings. The van der Waals surface area contributed by atoms with Crippen molar-refractivity contribution >= 4 is 5.82 Å². The van der Waals surface area contributed by atoms with Gasteiger partial charge in [-0.3, -0.25) is 0 Å². The van der Waals surface area contributed by atoms with Gasteiger partial charge in [0.15, 0.2) is 0 Å². The second-order valence-corrected chi connectivity index (χ2v) is 7.27. The summed E-state index contributed by atoms with van der Waals surface area (Å²) in [6, 6.07) is 7.13. The van der Waals surface area contributed by atoms with E-state index in [0.29, 0.717) is 11.6 Å². The monoisotopic (exact) mass is 389 g/mol. The summed E-state index contributed by atoms with van der Waals surface area (Å²) in [5.74, 6) is 1.33. The fraction of sp³-hybridized carbons (Fsp3) is 0.400. The topological polar surface area (TPSA) is 49.7 Å². The summed E-state index contributed by atoms with van der Waals surface area (Å²) >= 11 is 0. The fourth-order valence-corrected chi connectivity index (χ4v) is 3.86. The molecule has 28 heavy (non-hydrogen) atoms. The van der Waals surface area contributed by atoms with E-state index in [0.717, 1.165) is 61.0 Å². The van der Waals surface area contributed by atoms with E-state index in [4.69, 9.17) is 0 Å². The van der Waals surface area contributed by atoms with Gasteiger partial charge in [0.1, 0.15) is 5.82 Å². The van der Waals surface area contributed by atoms with Crippen molar-refractivity contribution in [3.63, 3.8) is 0 Å². The zero-order chi connectivity index (χ0) is 19.9. The maximum Gasteiger partial charge on any atom is 0.416 e. The van der Waals surface area contributed by atoms with Crippen LogP contribution in [0.3, 0.4) is 0 Å². The molecule has 1 saturated heterocycles. The molecule has 1 aliphatic heterocycles. The van der Waals surface area contributed by atoms with Gasteiger partial charge in [0.2, 0.25) is 0 Å². The van der Waals surface area contributed by atoms with Crippen LogP contribution in [-0.4, -0.2) is 32.8 Å². The molecule has 0 spiro atoms. The lowest BCUT2D eigenvalue weighted by atomic mass is 9.92. The number of aromatic nitrogens is 4. The molecule has 1 N–H and O–H groups in total. The fourth-order valence-electron chi connectivity index (χ4n) is 3.86. The number of nitrogens with zero attached hydrogens (tertiary/aromatic N) is 4. The van der Waals surface area contributed by atoms with Crippen LogP contribution in [0.5, 0.6) is 0 Å². The summed E-state index contributed by atoms with van der Waals surface area (Å²) in [6.07, 6.45) is -0.653. The molecule has 148 valence electrons. The number of aromatic amines is 1. The second kappa shape index (κ2) is 7.00. The van der Waals surface area contributed by atoms with E-state index in [2.05, 4.69) is 20.0 Å². The number of aryl methyl sites for hydroxylation is 2. The molecule has 1 aliphatic rings. The largest absolute Gasteiger partial charge is 0.416 e. The molecule has 8 heteroatoms. The minimum absolute atomic E-state index is 0.422. The third-order valence-electron chi connectivity index (χ3n) is 5.33. The van der Waals surface area contributed by atoms with Crippen molar-refractivity contribution in [1.29, 1.82) is 0 Å². The summed E-state index contributed by atoms with van der Waals surface area (Å²) in [7, 11) is 0. The van der Waals surface area contributed by atoms with Gasteiger partial charge in [-0.15, -0.1) is 0 Å². The van der Waals surface area contributed by atoms with Crippen molar-refractivity contribution < 1.29 is 13.2 Å². The Hall–Kier alpha value is -2.77. The van der Waals surface area contributed by atoms with Gasteiger partial charge in [-0.1, -0.05) is 0 Å². The first-order chi connectivity index (χ1) is 13.3. The Kier molecular flexibility index (Phi) is 4.64. The molecule has 0 radical (unpaired) electrons. The molecule has 5 nitrogen and oxygen atoms in total. The normalized spacial score (nSPS) is 16.0. The van der Waals surface area contributed by atoms with Gasteiger partial charge in [-0.2, -0.15) is 18.3 Å². The maximum absolute atomic E-state index is 12.8. The van der Waals surface area contributed by atoms with E-state index in [1.165, 1.54) is 12.1 Å². The summed E-state index contributed by atoms with van der Waals surface area (Å²) in [6.45, 7) is 5.63. The Balaban J connectivity index is 1.55. The number of H-pyrrole nitrogens is 1. The molecule has 3 aromatic rings. The van der Waals surface area contributed by atoms with Crippen molar-refractivity contribution in [2.75, 3.05) is 18.0 Å². The van der Waals surface area contributed by atoms with E-state index < -0.39 is 11.7 Å². The molecule has 2 aromatic heterocycles. The Morgan fingerprint density at radius 1 is 1.07 bits per heavy atom. The van der Waals surface area contributed by atoms with Crippen molar-refractivity contribution in [2.45, 2.75) is 38.8 Å². The Morgan fingerprint density at radius 3 is 2.32 bits per heavy atom. The van der Waals surface area contributed by atoms with Gasteiger partial charge < -0.3 is 9.88 Å². The van der Waals surface area contributed by atoms with E-state index in [1.807, 2.05) is 19.9 Å². The number of nitrogens with one attached hydrogen (secondary N) is 1. The van der Waals surface area contributed by atoms with Crippen LogP contribution in [-0.2, 0) is 6.18 Å². The first-order valence-electron chi connectivity index (χ1n) is 9.32. The Bertz CT molecular complexity index is 947. The third kappa shape index (κ3) is 3.50. The quantitative estimate of drug-likeness (QED) is 0.711. The molecule has 0 aliphatic carbocycles. The van der Waals surface area contributed by atoms with Gasteiger partial charge in [-0.05, 0) is 51.0 Å². The maximum atomic E-state index is 12.8. The second-order valence-electron chi connectivity index (χ2n) is 7.27. The van der Waals surface area contributed by atoms with Crippen molar-refractivity contribution in [2.24, 2.45) is 0 Å². The molecular formula is C20H22F3N5. The van der Waals surface area contributed by atoms with E-state index >= 15 is 0 Å². The van der Waals surface area contributed by atoms with Gasteiger partial charge in [0, 0.05) is 30.8 Å². The smallest absolute Gasteiger partial charge is 0.356 e. The molecule has 1 aromatic carbocycles. The van der Waals surface area contributed by atoms with Gasteiger partial charge in [0.05, 0.1) is 29.0 Å². The van der Waals surface area contributed by atoms with Gasteiger partial charge in [-0.25, -0.2) is 9.67 Å². The zero-order valence-electron chi connectivity index (χ0n) is 15.8. The molecule has 3 heterocycles. The number of halogens is 3. The van der Waals surface area contributed by atoms with Crippen LogP contribution >= 0.6 is 0 Å². The lowest BCUT2D eigenvalue weighted by molar-refractivity contribution is -0.137. The minimum atomic E-state index is -4.34. The molecule has 0 atom stereocenters. The van der Waals surface area contributed by atoms with Gasteiger partial charge in [0.25, 0.3) is 0 Å². The van der Waals surface area contributed by atoms with Crippen molar-refractivity contribution in [3.05, 3.63) is 59.3 Å². The molecule has 0 bridgehead atoms. The third-order valence-corrected chi connectivity index (χ3v) is 5.33. The number of benzene rings is 1. The number of rotatable bonds is 3. The van der Waals surface area contributed by atoms with Crippen LogP contribution in [0.2, 0.25) is 0 Å². The number of hydrogen-bond acceptors (Lipinski definition) is 3. The van der Waals surface area contributed by atoms with Crippen LogP contribution < -0.4 is 4.90 Å². The highest BCUT2D eigenvalue weighted by Gasteiger charge is 2.30. The number of anilines is 1. The standard InChI is InChI=1S/C20H22F3N5/c1-13-11-18(27-9-7-15(8-10-27)19-14(2)24-12-25-19)28(26-13)17-5-3-16(4-6-17)20(21,22)23/h3-6,11-12,15H,7-10H2,1-2H3,(H,24,25). The first kappa shape index (κ1) is 18.6. The lowest BCUT2D eigenvalue weighted by Crippen LogP contribution is -2.34. The minimum Gasteiger partial charge on any atom is -0.356 e. The number of hydrogen-bond donors (Lipinski definition) is 1. The van der Waals surface area contributed by atoms with Crippen LogP contribution in [0, 0.1) is 13.8 Å². The van der Waals surface area contributed by atoms with Crippen LogP contribution in [0.1, 0.15) is 41.4 Å². The predicted octanol–water partition coefficient (Wildman–Crippen LogP) is 4.62. The lowest BCUT2D eigenvalue weighted by Gasteiger charge is -2.33. The highest BCUT2D eigenvalue weighted by Crippen LogP contribution is 2.33. The number of piperidine rings is 1.